The number of ether oxygens (including phenoxy) is 2. The van der Waals surface area contributed by atoms with Crippen LogP contribution in [0.4, 0.5) is 0 Å². The van der Waals surface area contributed by atoms with Crippen molar-refractivity contribution in [1.82, 2.24) is 0 Å². The van der Waals surface area contributed by atoms with Gasteiger partial charge in [0, 0.05) is 20.3 Å². The number of carboxylic acids is 1. The molecular weight excluding hydrogens is 480 g/mol. The molecule has 0 aliphatic heterocycles. The molecule has 0 aromatic carbocycles. The topological polar surface area (TPSA) is 151 Å². The Balaban J connectivity index is 1.76. The van der Waals surface area contributed by atoms with Crippen LogP contribution in [0.15, 0.2) is 0 Å². The first-order valence-electron chi connectivity index (χ1n) is 13.8. The standard InChI is InChI=1S/C28H44O9/c1-14(6-9-24(34)35)19-7-8-20-25-21(12-23(33)26(19,20)4)27(5)17(11-22(25)32)10-18(31)13-28(27,36-15(2)29)37-16(3)30/h14,17-23,25,31-33H,6-13H2,1-5H3,(H,34,35)/t14-,17+,18+,19-,20+,21+,22-,23+,25+,26-,27+/m1/s1. The molecule has 0 unspecified atom stereocenters. The van der Waals surface area contributed by atoms with Crippen molar-refractivity contribution in [2.24, 2.45) is 46.3 Å². The van der Waals surface area contributed by atoms with E-state index in [0.29, 0.717) is 25.7 Å². The van der Waals surface area contributed by atoms with Gasteiger partial charge in [-0.3, -0.25) is 14.4 Å². The first kappa shape index (κ1) is 28.3. The van der Waals surface area contributed by atoms with Gasteiger partial charge in [-0.2, -0.15) is 0 Å². The summed E-state index contributed by atoms with van der Waals surface area (Å²) in [5, 5.41) is 43.3. The van der Waals surface area contributed by atoms with Crippen LogP contribution in [0.2, 0.25) is 0 Å². The van der Waals surface area contributed by atoms with E-state index in [1.165, 1.54) is 13.8 Å². The fourth-order valence-corrected chi connectivity index (χ4v) is 9.58. The van der Waals surface area contributed by atoms with Crippen molar-refractivity contribution in [3.05, 3.63) is 0 Å². The highest BCUT2D eigenvalue weighted by molar-refractivity contribution is 5.69. The van der Waals surface area contributed by atoms with E-state index in [0.717, 1.165) is 12.8 Å². The third kappa shape index (κ3) is 4.39. The lowest BCUT2D eigenvalue weighted by atomic mass is 9.41. The lowest BCUT2D eigenvalue weighted by Gasteiger charge is -2.66. The molecule has 9 nitrogen and oxygen atoms in total. The Labute approximate surface area is 218 Å². The number of hydrogen-bond acceptors (Lipinski definition) is 8. The second kappa shape index (κ2) is 9.79. The summed E-state index contributed by atoms with van der Waals surface area (Å²) in [5.41, 5.74) is -1.41. The van der Waals surface area contributed by atoms with E-state index in [9.17, 15) is 34.8 Å². The van der Waals surface area contributed by atoms with E-state index in [4.69, 9.17) is 9.47 Å². The molecule has 4 N–H and O–H groups in total. The number of carbonyl (C=O) groups excluding carboxylic acids is 2. The van der Waals surface area contributed by atoms with Gasteiger partial charge in [-0.1, -0.05) is 20.8 Å². The number of aliphatic hydroxyl groups is 3. The Morgan fingerprint density at radius 2 is 1.57 bits per heavy atom. The van der Waals surface area contributed by atoms with Crippen LogP contribution in [0, 0.1) is 46.3 Å². The maximum Gasteiger partial charge on any atom is 0.305 e. The van der Waals surface area contributed by atoms with E-state index in [-0.39, 0.29) is 48.3 Å². The Hall–Kier alpha value is -1.71. The molecule has 37 heavy (non-hydrogen) atoms. The average Bonchev–Trinajstić information content (AvgIpc) is 3.12. The minimum atomic E-state index is -1.70. The molecule has 0 radical (unpaired) electrons. The fraction of sp³-hybridized carbons (Fsp3) is 0.893. The highest BCUT2D eigenvalue weighted by Crippen LogP contribution is 2.70. The summed E-state index contributed by atoms with van der Waals surface area (Å²) >= 11 is 0. The fourth-order valence-electron chi connectivity index (χ4n) is 9.58. The van der Waals surface area contributed by atoms with Crippen molar-refractivity contribution in [3.63, 3.8) is 0 Å². The van der Waals surface area contributed by atoms with E-state index in [1.807, 2.05) is 6.92 Å². The monoisotopic (exact) mass is 524 g/mol. The summed E-state index contributed by atoms with van der Waals surface area (Å²) < 4.78 is 11.7. The van der Waals surface area contributed by atoms with Gasteiger partial charge < -0.3 is 29.9 Å². The largest absolute Gasteiger partial charge is 0.481 e. The minimum Gasteiger partial charge on any atom is -0.481 e. The van der Waals surface area contributed by atoms with Crippen LogP contribution >= 0.6 is 0 Å². The van der Waals surface area contributed by atoms with Gasteiger partial charge in [-0.25, -0.2) is 0 Å². The van der Waals surface area contributed by atoms with Gasteiger partial charge in [0.25, 0.3) is 5.79 Å². The molecule has 0 spiro atoms. The maximum absolute atomic E-state index is 12.3. The Morgan fingerprint density at radius 1 is 0.946 bits per heavy atom. The number of hydrogen-bond donors (Lipinski definition) is 4. The average molecular weight is 525 g/mol. The van der Waals surface area contributed by atoms with Crippen molar-refractivity contribution < 1.29 is 44.3 Å². The second-order valence-electron chi connectivity index (χ2n) is 12.8. The Bertz CT molecular complexity index is 903. The van der Waals surface area contributed by atoms with E-state index in [1.54, 1.807) is 0 Å². The third-order valence-electron chi connectivity index (χ3n) is 11.1. The zero-order valence-corrected chi connectivity index (χ0v) is 22.7. The first-order valence-corrected chi connectivity index (χ1v) is 13.8. The lowest BCUT2D eigenvalue weighted by Crippen LogP contribution is -2.71. The molecule has 4 rings (SSSR count). The number of rotatable bonds is 6. The van der Waals surface area contributed by atoms with Gasteiger partial charge in [-0.15, -0.1) is 0 Å². The second-order valence-corrected chi connectivity index (χ2v) is 12.8. The number of fused-ring (bicyclic) bond motifs is 5. The van der Waals surface area contributed by atoms with Crippen LogP contribution in [0.5, 0.6) is 0 Å². The number of aliphatic hydroxyl groups excluding tert-OH is 3. The van der Waals surface area contributed by atoms with Gasteiger partial charge in [0.1, 0.15) is 0 Å². The van der Waals surface area contributed by atoms with Crippen molar-refractivity contribution in [2.75, 3.05) is 0 Å². The number of carboxylic acid groups (broad SMARTS) is 1. The SMILES string of the molecule is CC(=O)OC1(OC(C)=O)C[C@@H](O)C[C@H]2C[C@@H](O)[C@H]3[C@@H]4CC[C@H]([C@H](C)CCC(=O)O)[C@@]4(C)[C@@H](O)C[C@@H]3[C@]21C. The Kier molecular flexibility index (Phi) is 7.49. The Morgan fingerprint density at radius 3 is 2.14 bits per heavy atom. The zero-order valence-electron chi connectivity index (χ0n) is 22.7. The molecule has 0 saturated heterocycles. The molecule has 0 aromatic rings. The van der Waals surface area contributed by atoms with Crippen LogP contribution in [0.25, 0.3) is 0 Å². The van der Waals surface area contributed by atoms with Gasteiger partial charge in [0.2, 0.25) is 0 Å². The third-order valence-corrected chi connectivity index (χ3v) is 11.1. The van der Waals surface area contributed by atoms with Gasteiger partial charge >= 0.3 is 17.9 Å². The zero-order chi connectivity index (χ0) is 27.5. The number of carbonyl (C=O) groups is 3. The molecule has 0 heterocycles. The molecular formula is C28H44O9. The summed E-state index contributed by atoms with van der Waals surface area (Å²) in [5.74, 6) is -4.38. The molecule has 9 heteroatoms. The predicted molar refractivity (Wildman–Crippen MR) is 132 cm³/mol. The van der Waals surface area contributed by atoms with Gasteiger partial charge in [-0.05, 0) is 79.4 Å². The quantitative estimate of drug-likeness (QED) is 0.304. The van der Waals surface area contributed by atoms with Crippen LogP contribution in [-0.4, -0.2) is 62.4 Å². The summed E-state index contributed by atoms with van der Waals surface area (Å²) in [7, 11) is 0. The van der Waals surface area contributed by atoms with E-state index >= 15 is 0 Å². The summed E-state index contributed by atoms with van der Waals surface area (Å²) in [6.07, 6.45) is 1.03. The van der Waals surface area contributed by atoms with Crippen LogP contribution in [0.1, 0.15) is 86.0 Å². The minimum absolute atomic E-state index is 0.0227. The van der Waals surface area contributed by atoms with Crippen LogP contribution in [0.3, 0.4) is 0 Å². The smallest absolute Gasteiger partial charge is 0.305 e. The van der Waals surface area contributed by atoms with Crippen molar-refractivity contribution in [3.8, 4) is 0 Å². The van der Waals surface area contributed by atoms with Crippen LogP contribution < -0.4 is 0 Å². The van der Waals surface area contributed by atoms with Crippen molar-refractivity contribution in [2.45, 2.75) is 110 Å². The predicted octanol–water partition coefficient (Wildman–Crippen LogP) is 2.88. The lowest BCUT2D eigenvalue weighted by molar-refractivity contribution is -0.344. The highest BCUT2D eigenvalue weighted by Gasteiger charge is 2.73. The highest BCUT2D eigenvalue weighted by atomic mass is 16.7. The summed E-state index contributed by atoms with van der Waals surface area (Å²) in [4.78, 5) is 35.9. The van der Waals surface area contributed by atoms with Crippen LogP contribution in [-0.2, 0) is 23.9 Å². The first-order chi connectivity index (χ1) is 17.2. The summed E-state index contributed by atoms with van der Waals surface area (Å²) in [6.45, 7) is 8.60. The van der Waals surface area contributed by atoms with E-state index < -0.39 is 52.8 Å². The molecule has 4 fully saturated rings. The maximum atomic E-state index is 12.3. The normalized spacial score (nSPS) is 45.1. The summed E-state index contributed by atoms with van der Waals surface area (Å²) in [6, 6.07) is 0. The number of aliphatic carboxylic acids is 1. The molecule has 4 aliphatic carbocycles. The van der Waals surface area contributed by atoms with Gasteiger partial charge in [0.15, 0.2) is 0 Å². The molecule has 4 aliphatic rings. The van der Waals surface area contributed by atoms with Gasteiger partial charge in [0.05, 0.1) is 30.1 Å². The van der Waals surface area contributed by atoms with E-state index in [2.05, 4.69) is 13.8 Å². The van der Waals surface area contributed by atoms with Crippen molar-refractivity contribution in [1.29, 1.82) is 0 Å². The molecule has 0 bridgehead atoms. The molecule has 11 atom stereocenters. The number of esters is 2. The molecule has 210 valence electrons. The molecule has 4 saturated carbocycles. The molecule has 0 amide bonds. The molecule has 0 aromatic heterocycles. The van der Waals surface area contributed by atoms with Crippen molar-refractivity contribution >= 4 is 17.9 Å².